The summed E-state index contributed by atoms with van der Waals surface area (Å²) in [6, 6.07) is 3.79. The molecule has 0 aliphatic carbocycles. The number of rotatable bonds is 7. The first-order valence-corrected chi connectivity index (χ1v) is 9.17. The summed E-state index contributed by atoms with van der Waals surface area (Å²) in [6.07, 6.45) is 2.52. The molecule has 2 rings (SSSR count). The van der Waals surface area contributed by atoms with Gasteiger partial charge in [-0.3, -0.25) is 4.79 Å². The highest BCUT2D eigenvalue weighted by Crippen LogP contribution is 2.29. The average Bonchev–Trinajstić information content (AvgIpc) is 2.54. The van der Waals surface area contributed by atoms with Crippen LogP contribution in [0.3, 0.4) is 0 Å². The first kappa shape index (κ1) is 18.6. The number of hydrogen-bond acceptors (Lipinski definition) is 3. The lowest BCUT2D eigenvalue weighted by molar-refractivity contribution is 0.542. The molecule has 0 spiro atoms. The molecule has 1 aromatic carbocycles. The summed E-state index contributed by atoms with van der Waals surface area (Å²) in [4.78, 5) is 19.6. The lowest BCUT2D eigenvalue weighted by Gasteiger charge is -2.17. The van der Waals surface area contributed by atoms with E-state index in [0.717, 1.165) is 18.6 Å². The van der Waals surface area contributed by atoms with Crippen molar-refractivity contribution < 1.29 is 8.78 Å². The van der Waals surface area contributed by atoms with Crippen LogP contribution in [0, 0.1) is 11.6 Å². The van der Waals surface area contributed by atoms with Crippen LogP contribution < -0.4 is 5.56 Å². The quantitative estimate of drug-likeness (QED) is 0.448. The Morgan fingerprint density at radius 2 is 1.92 bits per heavy atom. The molecule has 0 fully saturated rings. The van der Waals surface area contributed by atoms with Crippen LogP contribution in [0.1, 0.15) is 56.4 Å². The minimum absolute atomic E-state index is 0.0465. The number of H-pyrrole nitrogens is 1. The highest BCUT2D eigenvalue weighted by atomic mass is 32.2. The topological polar surface area (TPSA) is 45.8 Å². The van der Waals surface area contributed by atoms with Gasteiger partial charge in [-0.25, -0.2) is 13.8 Å². The minimum Gasteiger partial charge on any atom is -0.301 e. The average molecular weight is 352 g/mol. The Bertz CT molecular complexity index is 741. The number of aromatic amines is 1. The number of benzene rings is 1. The summed E-state index contributed by atoms with van der Waals surface area (Å²) in [5, 5.41) is 0.504. The van der Waals surface area contributed by atoms with Crippen LogP contribution in [0.5, 0.6) is 0 Å². The van der Waals surface area contributed by atoms with Crippen molar-refractivity contribution in [3.8, 4) is 0 Å². The normalized spacial score (nSPS) is 12.4. The van der Waals surface area contributed by atoms with Crippen molar-refractivity contribution in [2.45, 2.75) is 51.1 Å². The van der Waals surface area contributed by atoms with Gasteiger partial charge in [0.25, 0.3) is 5.56 Å². The highest BCUT2D eigenvalue weighted by molar-refractivity contribution is 7.99. The molecule has 0 bridgehead atoms. The Morgan fingerprint density at radius 1 is 1.25 bits per heavy atom. The molecule has 1 unspecified atom stereocenters. The molecule has 130 valence electrons. The molecular formula is C18H22F2N2OS. The largest absolute Gasteiger partial charge is 0.301 e. The molecule has 1 aromatic heterocycles. The van der Waals surface area contributed by atoms with E-state index in [1.54, 1.807) is 6.92 Å². The zero-order valence-corrected chi connectivity index (χ0v) is 15.0. The fourth-order valence-electron chi connectivity index (χ4n) is 2.64. The second-order valence-electron chi connectivity index (χ2n) is 5.65. The van der Waals surface area contributed by atoms with E-state index < -0.39 is 17.6 Å². The van der Waals surface area contributed by atoms with E-state index in [1.807, 2.05) is 6.92 Å². The van der Waals surface area contributed by atoms with E-state index in [1.165, 1.54) is 30.0 Å². The van der Waals surface area contributed by atoms with Gasteiger partial charge in [0.05, 0.1) is 5.69 Å². The molecular weight excluding hydrogens is 330 g/mol. The van der Waals surface area contributed by atoms with Crippen molar-refractivity contribution in [3.63, 3.8) is 0 Å². The van der Waals surface area contributed by atoms with E-state index >= 15 is 0 Å². The van der Waals surface area contributed by atoms with Crippen molar-refractivity contribution in [2.75, 3.05) is 5.75 Å². The molecule has 0 saturated carbocycles. The maximum absolute atomic E-state index is 14.1. The number of nitrogens with one attached hydrogen (secondary N) is 1. The fraction of sp³-hybridized carbons (Fsp3) is 0.444. The van der Waals surface area contributed by atoms with Gasteiger partial charge in [0, 0.05) is 22.8 Å². The van der Waals surface area contributed by atoms with Gasteiger partial charge in [0.15, 0.2) is 5.16 Å². The van der Waals surface area contributed by atoms with Crippen LogP contribution >= 0.6 is 11.8 Å². The Morgan fingerprint density at radius 3 is 2.50 bits per heavy atom. The summed E-state index contributed by atoms with van der Waals surface area (Å²) in [6.45, 7) is 5.61. The predicted molar refractivity (Wildman–Crippen MR) is 93.7 cm³/mol. The van der Waals surface area contributed by atoms with Crippen LogP contribution in [0.4, 0.5) is 8.78 Å². The zero-order valence-electron chi connectivity index (χ0n) is 14.2. The molecule has 0 saturated heterocycles. The maximum atomic E-state index is 14.1. The second-order valence-corrected chi connectivity index (χ2v) is 6.73. The van der Waals surface area contributed by atoms with Gasteiger partial charge >= 0.3 is 0 Å². The Balaban J connectivity index is 2.48. The summed E-state index contributed by atoms with van der Waals surface area (Å²) >= 11 is 1.46. The molecule has 0 amide bonds. The summed E-state index contributed by atoms with van der Waals surface area (Å²) < 4.78 is 28.2. The van der Waals surface area contributed by atoms with Crippen LogP contribution in [0.2, 0.25) is 0 Å². The molecule has 1 heterocycles. The van der Waals surface area contributed by atoms with Gasteiger partial charge in [0.1, 0.15) is 11.6 Å². The van der Waals surface area contributed by atoms with Crippen LogP contribution in [-0.4, -0.2) is 15.7 Å². The fourth-order valence-corrected chi connectivity index (χ4v) is 3.59. The van der Waals surface area contributed by atoms with Gasteiger partial charge < -0.3 is 4.98 Å². The molecule has 0 aliphatic rings. The number of thioether (sulfide) groups is 1. The molecule has 1 N–H and O–H groups in total. The van der Waals surface area contributed by atoms with Crippen molar-refractivity contribution in [2.24, 2.45) is 0 Å². The van der Waals surface area contributed by atoms with Crippen molar-refractivity contribution in [3.05, 3.63) is 57.0 Å². The lowest BCUT2D eigenvalue weighted by Crippen LogP contribution is -2.20. The third-order valence-corrected chi connectivity index (χ3v) is 4.92. The second kappa shape index (κ2) is 8.42. The van der Waals surface area contributed by atoms with Gasteiger partial charge in [0.2, 0.25) is 0 Å². The predicted octanol–water partition coefficient (Wildman–Crippen LogP) is 4.65. The summed E-state index contributed by atoms with van der Waals surface area (Å²) in [5.41, 5.74) is 0.647. The number of aromatic nitrogens is 2. The third kappa shape index (κ3) is 4.04. The monoisotopic (exact) mass is 352 g/mol. The van der Waals surface area contributed by atoms with Crippen LogP contribution in [-0.2, 0) is 6.42 Å². The van der Waals surface area contributed by atoms with Crippen LogP contribution in [0.25, 0.3) is 0 Å². The molecule has 6 heteroatoms. The third-order valence-electron chi connectivity index (χ3n) is 3.96. The Kier molecular flexibility index (Phi) is 6.54. The Hall–Kier alpha value is -1.69. The SMILES string of the molecule is CCCCSc1nc(C(C)c2c(F)cccc2F)c(CC)c(=O)[nH]1. The maximum Gasteiger partial charge on any atom is 0.254 e. The van der Waals surface area contributed by atoms with Crippen molar-refractivity contribution in [1.29, 1.82) is 0 Å². The molecule has 2 aromatic rings. The van der Waals surface area contributed by atoms with Crippen LogP contribution in [0.15, 0.2) is 28.2 Å². The van der Waals surface area contributed by atoms with Gasteiger partial charge in [-0.05, 0) is 25.0 Å². The highest BCUT2D eigenvalue weighted by Gasteiger charge is 2.23. The van der Waals surface area contributed by atoms with E-state index in [-0.39, 0.29) is 11.1 Å². The first-order chi connectivity index (χ1) is 11.5. The molecule has 24 heavy (non-hydrogen) atoms. The lowest BCUT2D eigenvalue weighted by atomic mass is 9.93. The Labute approximate surface area is 144 Å². The van der Waals surface area contributed by atoms with E-state index in [2.05, 4.69) is 16.9 Å². The van der Waals surface area contributed by atoms with Gasteiger partial charge in [-0.15, -0.1) is 0 Å². The van der Waals surface area contributed by atoms with Crippen molar-refractivity contribution in [1.82, 2.24) is 9.97 Å². The summed E-state index contributed by atoms with van der Waals surface area (Å²) in [5.74, 6) is -1.03. The zero-order chi connectivity index (χ0) is 17.7. The summed E-state index contributed by atoms with van der Waals surface area (Å²) in [7, 11) is 0. The molecule has 1 atom stereocenters. The van der Waals surface area contributed by atoms with E-state index in [9.17, 15) is 13.6 Å². The number of unbranched alkanes of at least 4 members (excludes halogenated alkanes) is 1. The van der Waals surface area contributed by atoms with Gasteiger partial charge in [-0.2, -0.15) is 0 Å². The number of halogens is 2. The molecule has 3 nitrogen and oxygen atoms in total. The number of hydrogen-bond donors (Lipinski definition) is 1. The van der Waals surface area contributed by atoms with Crippen molar-refractivity contribution >= 4 is 11.8 Å². The smallest absolute Gasteiger partial charge is 0.254 e. The van der Waals surface area contributed by atoms with Gasteiger partial charge in [-0.1, -0.05) is 45.0 Å². The van der Waals surface area contributed by atoms with E-state index in [4.69, 9.17) is 0 Å². The number of nitrogens with zero attached hydrogens (tertiary/aromatic N) is 1. The minimum atomic E-state index is -0.631. The molecule has 0 aliphatic heterocycles. The first-order valence-electron chi connectivity index (χ1n) is 8.19. The van der Waals surface area contributed by atoms with E-state index in [0.29, 0.717) is 22.8 Å². The molecule has 0 radical (unpaired) electrons. The standard InChI is InChI=1S/C18H22F2N2OS/c1-4-6-10-24-18-21-16(12(5-2)17(23)22-18)11(3)15-13(19)8-7-9-14(15)20/h7-9,11H,4-6,10H2,1-3H3,(H,21,22,23).